The number of rotatable bonds is 6. The third kappa shape index (κ3) is 4.74. The number of ether oxygens (including phenoxy) is 2. The van der Waals surface area contributed by atoms with E-state index in [0.29, 0.717) is 11.4 Å². The van der Waals surface area contributed by atoms with Crippen LogP contribution >= 0.6 is 0 Å². The molecule has 0 bridgehead atoms. The van der Waals surface area contributed by atoms with Crippen LogP contribution in [-0.4, -0.2) is 14.2 Å². The van der Waals surface area contributed by atoms with Gasteiger partial charge in [-0.3, -0.25) is 0 Å². The Morgan fingerprint density at radius 3 is 1.32 bits per heavy atom. The molecule has 0 aliphatic heterocycles. The van der Waals surface area contributed by atoms with Crippen LogP contribution in [0.15, 0.2) is 60.7 Å². The van der Waals surface area contributed by atoms with Gasteiger partial charge in [-0.1, -0.05) is 48.6 Å². The first-order valence-corrected chi connectivity index (χ1v) is 8.92. The molecule has 0 aliphatic carbocycles. The maximum Gasteiger partial charge on any atom is 0.118 e. The first-order chi connectivity index (χ1) is 13.6. The number of benzene rings is 3. The lowest BCUT2D eigenvalue weighted by molar-refractivity contribution is 0.414. The highest BCUT2D eigenvalue weighted by molar-refractivity contribution is 5.84. The Labute approximate surface area is 165 Å². The van der Waals surface area contributed by atoms with Crippen molar-refractivity contribution >= 4 is 35.7 Å². The predicted molar refractivity (Wildman–Crippen MR) is 119 cm³/mol. The van der Waals surface area contributed by atoms with Gasteiger partial charge in [0, 0.05) is 11.4 Å². The molecule has 0 unspecified atom stereocenters. The van der Waals surface area contributed by atoms with Crippen LogP contribution in [0.1, 0.15) is 22.3 Å². The third-order valence-corrected chi connectivity index (χ3v) is 4.43. The topological polar surface area (TPSA) is 70.5 Å². The van der Waals surface area contributed by atoms with Gasteiger partial charge in [0.2, 0.25) is 0 Å². The first-order valence-electron chi connectivity index (χ1n) is 8.92. The highest BCUT2D eigenvalue weighted by Crippen LogP contribution is 2.25. The van der Waals surface area contributed by atoms with Gasteiger partial charge in [0.25, 0.3) is 0 Å². The van der Waals surface area contributed by atoms with Crippen LogP contribution in [-0.2, 0) is 0 Å². The summed E-state index contributed by atoms with van der Waals surface area (Å²) in [6, 6.07) is 19.5. The molecule has 0 fully saturated rings. The summed E-state index contributed by atoms with van der Waals surface area (Å²) in [4.78, 5) is 0. The molecule has 0 amide bonds. The fourth-order valence-corrected chi connectivity index (χ4v) is 2.76. The molecular weight excluding hydrogens is 348 g/mol. The van der Waals surface area contributed by atoms with E-state index in [1.807, 2.05) is 78.9 Å². The zero-order valence-corrected chi connectivity index (χ0v) is 16.1. The van der Waals surface area contributed by atoms with E-state index in [1.54, 1.807) is 20.3 Å². The summed E-state index contributed by atoms with van der Waals surface area (Å²) < 4.78 is 10.4. The second-order valence-electron chi connectivity index (χ2n) is 6.32. The number of hydrogen-bond donors (Lipinski definition) is 2. The van der Waals surface area contributed by atoms with Gasteiger partial charge in [0.1, 0.15) is 11.5 Å². The Balaban J connectivity index is 1.82. The summed E-state index contributed by atoms with van der Waals surface area (Å²) >= 11 is 0. The quantitative estimate of drug-likeness (QED) is 0.460. The van der Waals surface area contributed by atoms with E-state index < -0.39 is 0 Å². The molecule has 3 aromatic carbocycles. The minimum absolute atomic E-state index is 0.642. The summed E-state index contributed by atoms with van der Waals surface area (Å²) in [7, 11) is 3.31. The highest BCUT2D eigenvalue weighted by Gasteiger charge is 2.02. The Morgan fingerprint density at radius 2 is 0.964 bits per heavy atom. The third-order valence-electron chi connectivity index (χ3n) is 4.43. The molecule has 0 saturated heterocycles. The minimum Gasteiger partial charge on any atom is -0.497 e. The van der Waals surface area contributed by atoms with Crippen molar-refractivity contribution < 1.29 is 9.47 Å². The molecule has 4 heteroatoms. The first kappa shape index (κ1) is 19.1. The molecule has 4 nitrogen and oxygen atoms in total. The van der Waals surface area contributed by atoms with E-state index in [0.717, 1.165) is 33.8 Å². The van der Waals surface area contributed by atoms with Gasteiger partial charge in [-0.05, 0) is 58.7 Å². The van der Waals surface area contributed by atoms with Crippen LogP contribution in [0.2, 0.25) is 0 Å². The Morgan fingerprint density at radius 1 is 0.571 bits per heavy atom. The van der Waals surface area contributed by atoms with Crippen molar-refractivity contribution in [2.45, 2.75) is 0 Å². The molecule has 0 saturated carbocycles. The zero-order chi connectivity index (χ0) is 19.9. The summed E-state index contributed by atoms with van der Waals surface area (Å²) in [6.07, 6.45) is 8.00. The smallest absolute Gasteiger partial charge is 0.118 e. The second kappa shape index (κ2) is 8.82. The van der Waals surface area contributed by atoms with E-state index in [-0.39, 0.29) is 0 Å². The number of anilines is 2. The summed E-state index contributed by atoms with van der Waals surface area (Å²) in [5.74, 6) is 1.66. The summed E-state index contributed by atoms with van der Waals surface area (Å²) in [6.45, 7) is 0. The SMILES string of the molecule is COc1ccc(/C=C\c2cc(/C=C\c3ccc(OC)cc3)c(N)cc2N)cc1. The average molecular weight is 372 g/mol. The molecular formula is C24H24N2O2. The van der Waals surface area contributed by atoms with Gasteiger partial charge in [0.15, 0.2) is 0 Å². The lowest BCUT2D eigenvalue weighted by atomic mass is 10.0. The van der Waals surface area contributed by atoms with E-state index in [2.05, 4.69) is 0 Å². The molecule has 0 atom stereocenters. The zero-order valence-electron chi connectivity index (χ0n) is 16.1. The molecule has 0 heterocycles. The van der Waals surface area contributed by atoms with Gasteiger partial charge in [-0.15, -0.1) is 0 Å². The van der Waals surface area contributed by atoms with Crippen LogP contribution in [0.3, 0.4) is 0 Å². The van der Waals surface area contributed by atoms with Crippen LogP contribution in [0.25, 0.3) is 24.3 Å². The fourth-order valence-electron chi connectivity index (χ4n) is 2.76. The Bertz CT molecular complexity index is 910. The van der Waals surface area contributed by atoms with Gasteiger partial charge < -0.3 is 20.9 Å². The van der Waals surface area contributed by atoms with Crippen molar-refractivity contribution in [3.63, 3.8) is 0 Å². The molecule has 0 radical (unpaired) electrons. The van der Waals surface area contributed by atoms with Gasteiger partial charge in [-0.25, -0.2) is 0 Å². The van der Waals surface area contributed by atoms with Crippen molar-refractivity contribution in [1.82, 2.24) is 0 Å². The lowest BCUT2D eigenvalue weighted by Crippen LogP contribution is -1.96. The lowest BCUT2D eigenvalue weighted by Gasteiger charge is -2.07. The second-order valence-corrected chi connectivity index (χ2v) is 6.32. The van der Waals surface area contributed by atoms with Crippen LogP contribution < -0.4 is 20.9 Å². The Kier molecular flexibility index (Phi) is 6.02. The molecule has 4 N–H and O–H groups in total. The normalized spacial score (nSPS) is 11.2. The Hall–Kier alpha value is -3.66. The van der Waals surface area contributed by atoms with Crippen molar-refractivity contribution in [3.8, 4) is 11.5 Å². The highest BCUT2D eigenvalue weighted by atomic mass is 16.5. The van der Waals surface area contributed by atoms with Gasteiger partial charge in [0.05, 0.1) is 14.2 Å². The van der Waals surface area contributed by atoms with E-state index in [1.165, 1.54) is 0 Å². The molecule has 142 valence electrons. The number of hydrogen-bond acceptors (Lipinski definition) is 4. The predicted octanol–water partition coefficient (Wildman–Crippen LogP) is 5.21. The van der Waals surface area contributed by atoms with E-state index >= 15 is 0 Å². The van der Waals surface area contributed by atoms with Crippen LogP contribution in [0.5, 0.6) is 11.5 Å². The van der Waals surface area contributed by atoms with Crippen LogP contribution in [0, 0.1) is 0 Å². The van der Waals surface area contributed by atoms with Crippen molar-refractivity contribution in [2.24, 2.45) is 0 Å². The monoisotopic (exact) mass is 372 g/mol. The van der Waals surface area contributed by atoms with Crippen LogP contribution in [0.4, 0.5) is 11.4 Å². The van der Waals surface area contributed by atoms with Crippen molar-refractivity contribution in [1.29, 1.82) is 0 Å². The molecule has 0 aliphatic rings. The largest absolute Gasteiger partial charge is 0.497 e. The molecule has 28 heavy (non-hydrogen) atoms. The average Bonchev–Trinajstić information content (AvgIpc) is 2.73. The van der Waals surface area contributed by atoms with Gasteiger partial charge in [-0.2, -0.15) is 0 Å². The minimum atomic E-state index is 0.642. The molecule has 0 spiro atoms. The number of nitrogens with two attached hydrogens (primary N) is 2. The number of methoxy groups -OCH3 is 2. The molecule has 3 rings (SSSR count). The maximum atomic E-state index is 6.15. The molecule has 0 aromatic heterocycles. The van der Waals surface area contributed by atoms with Crippen molar-refractivity contribution in [3.05, 3.63) is 82.9 Å². The van der Waals surface area contributed by atoms with E-state index in [4.69, 9.17) is 20.9 Å². The summed E-state index contributed by atoms with van der Waals surface area (Å²) in [5.41, 5.74) is 17.5. The maximum absolute atomic E-state index is 6.15. The summed E-state index contributed by atoms with van der Waals surface area (Å²) in [5, 5.41) is 0. The van der Waals surface area contributed by atoms with Gasteiger partial charge >= 0.3 is 0 Å². The van der Waals surface area contributed by atoms with Crippen molar-refractivity contribution in [2.75, 3.05) is 25.7 Å². The number of nitrogen functional groups attached to an aromatic ring is 2. The van der Waals surface area contributed by atoms with E-state index in [9.17, 15) is 0 Å². The fraction of sp³-hybridized carbons (Fsp3) is 0.0833. The standard InChI is InChI=1S/C24H24N2O2/c1-27-21-11-5-17(6-12-21)3-9-19-15-20(24(26)16-23(19)25)10-4-18-7-13-22(28-2)14-8-18/h3-16H,25-26H2,1-2H3/b9-3-,10-4-. The molecule has 3 aromatic rings.